The van der Waals surface area contributed by atoms with E-state index >= 15 is 0 Å². The predicted octanol–water partition coefficient (Wildman–Crippen LogP) is 4.99. The molecule has 8 rings (SSSR count). The van der Waals surface area contributed by atoms with Crippen LogP contribution in [0.5, 0.6) is 0 Å². The van der Waals surface area contributed by atoms with Crippen molar-refractivity contribution in [2.24, 2.45) is 11.3 Å². The van der Waals surface area contributed by atoms with Gasteiger partial charge in [0.25, 0.3) is 0 Å². The third-order valence-corrected chi connectivity index (χ3v) is 13.4. The number of rotatable bonds is 4. The number of aliphatic hydroxyl groups is 3. The number of aromatic amines is 1. The Balaban J connectivity index is 1.19. The van der Waals surface area contributed by atoms with Gasteiger partial charge in [0.2, 0.25) is 0 Å². The molecule has 3 aliphatic carbocycles. The molecule has 2 aromatic rings. The van der Waals surface area contributed by atoms with Crippen molar-refractivity contribution < 1.29 is 34.3 Å². The minimum absolute atomic E-state index is 0.230. The molecule has 4 N–H and O–H groups in total. The number of aromatic nitrogens is 1. The number of nitrogens with one attached hydrogen (secondary N) is 1. The zero-order chi connectivity index (χ0) is 32.1. The van der Waals surface area contributed by atoms with E-state index in [1.165, 1.54) is 11.3 Å². The average molecular weight is 622 g/mol. The third kappa shape index (κ3) is 3.74. The second kappa shape index (κ2) is 9.22. The molecule has 6 aliphatic rings. The molecular formula is C37H51NO7. The van der Waals surface area contributed by atoms with E-state index in [0.29, 0.717) is 18.8 Å². The Morgan fingerprint density at radius 3 is 2.53 bits per heavy atom. The second-order valence-electron chi connectivity index (χ2n) is 16.9. The lowest BCUT2D eigenvalue weighted by molar-refractivity contribution is -0.343. The van der Waals surface area contributed by atoms with Gasteiger partial charge in [-0.25, -0.2) is 0 Å². The van der Waals surface area contributed by atoms with Gasteiger partial charge in [-0.1, -0.05) is 31.6 Å². The monoisotopic (exact) mass is 621 g/mol. The van der Waals surface area contributed by atoms with Gasteiger partial charge in [0.05, 0.1) is 23.4 Å². The maximum atomic E-state index is 13.3. The van der Waals surface area contributed by atoms with Crippen LogP contribution in [0, 0.1) is 11.3 Å². The van der Waals surface area contributed by atoms with Gasteiger partial charge in [-0.05, 0) is 103 Å². The van der Waals surface area contributed by atoms with Crippen LogP contribution >= 0.6 is 0 Å². The average Bonchev–Trinajstić information content (AvgIpc) is 3.51. The van der Waals surface area contributed by atoms with Gasteiger partial charge < -0.3 is 39.3 Å². The molecule has 0 bridgehead atoms. The van der Waals surface area contributed by atoms with Gasteiger partial charge in [-0.15, -0.1) is 0 Å². The van der Waals surface area contributed by atoms with E-state index in [-0.39, 0.29) is 29.8 Å². The van der Waals surface area contributed by atoms with Gasteiger partial charge in [-0.2, -0.15) is 0 Å². The normalized spacial score (nSPS) is 45.0. The first-order chi connectivity index (χ1) is 21.0. The molecule has 1 spiro atoms. The van der Waals surface area contributed by atoms with Crippen molar-refractivity contribution in [3.05, 3.63) is 46.7 Å². The standard InChI is InChI=1S/C37H51NO7/c1-19(2)16-26-43-28-30(33(5,6)44-26)42-25-13-14-34(7)35(8)21(12-15-36(34,41)37(25)31(28)45-37)18-22-27-20(17-24(39)32(3,4)40)10-9-11-23(27)38-29(22)35/h9-11,16,21,24-26,28,30-31,38-41H,12-15,17-18H2,1-8H3. The number of epoxide rings is 1. The molecule has 1 aromatic carbocycles. The van der Waals surface area contributed by atoms with Crippen molar-refractivity contribution in [2.75, 3.05) is 0 Å². The molecule has 0 amide bonds. The van der Waals surface area contributed by atoms with Crippen LogP contribution in [0.2, 0.25) is 0 Å². The van der Waals surface area contributed by atoms with Gasteiger partial charge >= 0.3 is 0 Å². The second-order valence-corrected chi connectivity index (χ2v) is 16.9. The van der Waals surface area contributed by atoms with Crippen LogP contribution in [0.1, 0.15) is 97.9 Å². The Morgan fingerprint density at radius 1 is 1.07 bits per heavy atom. The number of fused-ring (bicyclic) bond motifs is 9. The summed E-state index contributed by atoms with van der Waals surface area (Å²) in [5.41, 5.74) is 1.23. The molecule has 3 saturated heterocycles. The molecule has 8 heteroatoms. The van der Waals surface area contributed by atoms with Crippen molar-refractivity contribution in [1.82, 2.24) is 4.98 Å². The van der Waals surface area contributed by atoms with Crippen molar-refractivity contribution >= 4 is 10.9 Å². The zero-order valence-electron chi connectivity index (χ0n) is 28.1. The predicted molar refractivity (Wildman–Crippen MR) is 170 cm³/mol. The summed E-state index contributed by atoms with van der Waals surface area (Å²) in [7, 11) is 0. The topological polar surface area (TPSA) is 117 Å². The van der Waals surface area contributed by atoms with Gasteiger partial charge in [0.15, 0.2) is 11.9 Å². The number of ether oxygens (including phenoxy) is 4. The SMILES string of the molecule is CC(C)=CC1OC2C(OC3CCC4(C)C5(C)c6[nH]c7cccc(CC(O)C(C)(C)O)c7c6CC5CCC4(O)C34OC24)C(C)(C)O1. The number of benzene rings is 1. The van der Waals surface area contributed by atoms with Crippen LogP contribution in [0.15, 0.2) is 29.8 Å². The zero-order valence-corrected chi connectivity index (χ0v) is 28.1. The highest BCUT2D eigenvalue weighted by Crippen LogP contribution is 2.75. The Kier molecular flexibility index (Phi) is 6.26. The van der Waals surface area contributed by atoms with Crippen molar-refractivity contribution in [3.8, 4) is 0 Å². The lowest BCUT2D eigenvalue weighted by Gasteiger charge is -2.66. The highest BCUT2D eigenvalue weighted by Gasteiger charge is 2.87. The van der Waals surface area contributed by atoms with Crippen molar-refractivity contribution in [1.29, 1.82) is 0 Å². The summed E-state index contributed by atoms with van der Waals surface area (Å²) in [6, 6.07) is 6.22. The fraction of sp³-hybridized carbons (Fsp3) is 0.730. The summed E-state index contributed by atoms with van der Waals surface area (Å²) >= 11 is 0. The van der Waals surface area contributed by atoms with E-state index in [4.69, 9.17) is 18.9 Å². The molecule has 45 heavy (non-hydrogen) atoms. The summed E-state index contributed by atoms with van der Waals surface area (Å²) in [5, 5.41) is 35.8. The maximum Gasteiger partial charge on any atom is 0.178 e. The first-order valence-corrected chi connectivity index (χ1v) is 17.1. The van der Waals surface area contributed by atoms with E-state index in [0.717, 1.165) is 47.7 Å². The van der Waals surface area contributed by atoms with E-state index in [1.807, 2.05) is 26.0 Å². The minimum Gasteiger partial charge on any atom is -0.390 e. The quantitative estimate of drug-likeness (QED) is 0.281. The molecular weight excluding hydrogens is 570 g/mol. The van der Waals surface area contributed by atoms with Crippen LogP contribution in [0.3, 0.4) is 0 Å². The molecule has 0 radical (unpaired) electrons. The number of hydrogen-bond donors (Lipinski definition) is 4. The van der Waals surface area contributed by atoms with E-state index in [1.54, 1.807) is 13.8 Å². The number of aliphatic hydroxyl groups excluding tert-OH is 1. The van der Waals surface area contributed by atoms with Crippen LogP contribution in [-0.2, 0) is 37.2 Å². The molecule has 4 heterocycles. The smallest absolute Gasteiger partial charge is 0.178 e. The van der Waals surface area contributed by atoms with Crippen molar-refractivity contribution in [2.45, 2.75) is 159 Å². The van der Waals surface area contributed by atoms with Crippen LogP contribution in [-0.4, -0.2) is 79.5 Å². The van der Waals surface area contributed by atoms with Crippen LogP contribution in [0.4, 0.5) is 0 Å². The lowest BCUT2D eigenvalue weighted by Crippen LogP contribution is -2.77. The molecule has 11 unspecified atom stereocenters. The van der Waals surface area contributed by atoms with Gasteiger partial charge in [0, 0.05) is 33.8 Å². The molecule has 1 aromatic heterocycles. The Bertz CT molecular complexity index is 1580. The third-order valence-electron chi connectivity index (χ3n) is 13.4. The number of hydrogen-bond acceptors (Lipinski definition) is 7. The van der Waals surface area contributed by atoms with Gasteiger partial charge in [0.1, 0.15) is 23.9 Å². The summed E-state index contributed by atoms with van der Waals surface area (Å²) in [6.45, 7) is 16.2. The lowest BCUT2D eigenvalue weighted by atomic mass is 9.40. The molecule has 5 fully saturated rings. The first-order valence-electron chi connectivity index (χ1n) is 17.1. The van der Waals surface area contributed by atoms with Crippen molar-refractivity contribution in [3.63, 3.8) is 0 Å². The summed E-state index contributed by atoms with van der Waals surface area (Å²) in [5.74, 6) is 0.364. The summed E-state index contributed by atoms with van der Waals surface area (Å²) < 4.78 is 26.7. The molecule has 246 valence electrons. The summed E-state index contributed by atoms with van der Waals surface area (Å²) in [4.78, 5) is 3.85. The molecule has 2 saturated carbocycles. The molecule has 8 nitrogen and oxygen atoms in total. The largest absolute Gasteiger partial charge is 0.390 e. The minimum atomic E-state index is -1.19. The Morgan fingerprint density at radius 2 is 1.82 bits per heavy atom. The highest BCUT2D eigenvalue weighted by molar-refractivity contribution is 5.89. The highest BCUT2D eigenvalue weighted by atomic mass is 16.8. The van der Waals surface area contributed by atoms with Crippen LogP contribution < -0.4 is 0 Å². The van der Waals surface area contributed by atoms with E-state index in [2.05, 4.69) is 44.8 Å². The van der Waals surface area contributed by atoms with Gasteiger partial charge in [-0.3, -0.25) is 0 Å². The first kappa shape index (κ1) is 30.5. The maximum absolute atomic E-state index is 13.3. The Labute approximate surface area is 266 Å². The number of H-pyrrole nitrogens is 1. The Hall–Kier alpha value is -1.78. The molecule has 3 aliphatic heterocycles. The van der Waals surface area contributed by atoms with E-state index in [9.17, 15) is 15.3 Å². The number of allylic oxidation sites excluding steroid dienone is 1. The summed E-state index contributed by atoms with van der Waals surface area (Å²) in [6.07, 6.45) is 3.99. The fourth-order valence-electron chi connectivity index (χ4n) is 10.8. The van der Waals surface area contributed by atoms with E-state index < -0.39 is 40.2 Å². The molecule has 11 atom stereocenters. The van der Waals surface area contributed by atoms with Crippen LogP contribution in [0.25, 0.3) is 10.9 Å². The fourth-order valence-corrected chi connectivity index (χ4v) is 10.8.